The normalized spacial score (nSPS) is 18.2. The van der Waals surface area contributed by atoms with Gasteiger partial charge in [-0.05, 0) is 30.2 Å². The van der Waals surface area contributed by atoms with Crippen LogP contribution in [0.4, 0.5) is 0 Å². The van der Waals surface area contributed by atoms with E-state index in [0.717, 1.165) is 37.3 Å². The van der Waals surface area contributed by atoms with E-state index in [0.29, 0.717) is 12.4 Å². The van der Waals surface area contributed by atoms with Crippen molar-refractivity contribution in [3.8, 4) is 5.75 Å². The van der Waals surface area contributed by atoms with Crippen LogP contribution in [-0.4, -0.2) is 53.0 Å². The number of aromatic nitrogens is 2. The Morgan fingerprint density at radius 3 is 3.12 bits per heavy atom. The van der Waals surface area contributed by atoms with E-state index in [1.54, 1.807) is 0 Å². The number of carbonyl (C=O) groups excluding carboxylic acids is 1. The molecule has 1 fully saturated rings. The Hall–Kier alpha value is -2.38. The van der Waals surface area contributed by atoms with E-state index in [-0.39, 0.29) is 12.7 Å². The number of primary amides is 1. The molecule has 1 aromatic heterocycles. The number of aryl methyl sites for hydroxylation is 1. The van der Waals surface area contributed by atoms with Crippen LogP contribution in [0.3, 0.4) is 0 Å². The number of morpholine rings is 1. The zero-order valence-electron chi connectivity index (χ0n) is 14.4. The number of nitrogens with two attached hydrogens (primary N) is 1. The number of benzene rings is 1. The standard InChI is InChI=1S/C18H24N4O3/c1-14-8-20-22(9-14)12-17-11-21(5-6-24-17)10-15-3-2-4-16(7-15)25-13-18(19)23/h2-4,7-9,17H,5-6,10-13H2,1H3,(H2,19,23)/t17-/m1/s1. The van der Waals surface area contributed by atoms with Crippen molar-refractivity contribution in [1.82, 2.24) is 14.7 Å². The van der Waals surface area contributed by atoms with E-state index >= 15 is 0 Å². The minimum atomic E-state index is -0.477. The lowest BCUT2D eigenvalue weighted by Gasteiger charge is -2.33. The van der Waals surface area contributed by atoms with E-state index in [4.69, 9.17) is 15.2 Å². The molecule has 0 saturated carbocycles. The molecule has 7 heteroatoms. The second-order valence-corrected chi connectivity index (χ2v) is 6.37. The lowest BCUT2D eigenvalue weighted by molar-refractivity contribution is -0.119. The summed E-state index contributed by atoms with van der Waals surface area (Å²) < 4.78 is 13.2. The summed E-state index contributed by atoms with van der Waals surface area (Å²) in [7, 11) is 0. The molecule has 1 aromatic carbocycles. The van der Waals surface area contributed by atoms with Crippen molar-refractivity contribution in [2.24, 2.45) is 5.73 Å². The maximum absolute atomic E-state index is 10.8. The van der Waals surface area contributed by atoms with Gasteiger partial charge in [-0.2, -0.15) is 5.10 Å². The topological polar surface area (TPSA) is 82.6 Å². The molecule has 0 unspecified atom stereocenters. The Kier molecular flexibility index (Phi) is 5.67. The fraction of sp³-hybridized carbons (Fsp3) is 0.444. The van der Waals surface area contributed by atoms with Gasteiger partial charge >= 0.3 is 0 Å². The van der Waals surface area contributed by atoms with Gasteiger partial charge in [0.1, 0.15) is 5.75 Å². The summed E-state index contributed by atoms with van der Waals surface area (Å²) >= 11 is 0. The SMILES string of the molecule is Cc1cnn(C[C@H]2CN(Cc3cccc(OCC(N)=O)c3)CCO2)c1. The first-order valence-corrected chi connectivity index (χ1v) is 8.41. The van der Waals surface area contributed by atoms with Gasteiger partial charge in [-0.25, -0.2) is 0 Å². The molecule has 0 spiro atoms. The van der Waals surface area contributed by atoms with Crippen LogP contribution in [-0.2, 0) is 22.6 Å². The summed E-state index contributed by atoms with van der Waals surface area (Å²) in [6, 6.07) is 7.76. The third-order valence-corrected chi connectivity index (χ3v) is 4.06. The fourth-order valence-electron chi connectivity index (χ4n) is 2.96. The number of hydrogen-bond acceptors (Lipinski definition) is 5. The van der Waals surface area contributed by atoms with E-state index in [2.05, 4.69) is 16.1 Å². The van der Waals surface area contributed by atoms with Crippen LogP contribution in [0, 0.1) is 6.92 Å². The smallest absolute Gasteiger partial charge is 0.255 e. The van der Waals surface area contributed by atoms with E-state index in [9.17, 15) is 4.79 Å². The predicted octanol–water partition coefficient (Wildman–Crippen LogP) is 0.957. The van der Waals surface area contributed by atoms with Crippen molar-refractivity contribution >= 4 is 5.91 Å². The largest absolute Gasteiger partial charge is 0.484 e. The second-order valence-electron chi connectivity index (χ2n) is 6.37. The fourth-order valence-corrected chi connectivity index (χ4v) is 2.96. The first-order valence-electron chi connectivity index (χ1n) is 8.41. The summed E-state index contributed by atoms with van der Waals surface area (Å²) in [4.78, 5) is 13.2. The molecule has 7 nitrogen and oxygen atoms in total. The van der Waals surface area contributed by atoms with Crippen LogP contribution in [0.5, 0.6) is 5.75 Å². The van der Waals surface area contributed by atoms with E-state index in [1.165, 1.54) is 0 Å². The molecule has 2 heterocycles. The zero-order chi connectivity index (χ0) is 17.6. The van der Waals surface area contributed by atoms with Gasteiger partial charge in [0.15, 0.2) is 6.61 Å². The molecule has 1 amide bonds. The molecule has 1 atom stereocenters. The highest BCUT2D eigenvalue weighted by Gasteiger charge is 2.21. The molecular weight excluding hydrogens is 320 g/mol. The second kappa shape index (κ2) is 8.13. The van der Waals surface area contributed by atoms with E-state index < -0.39 is 5.91 Å². The molecule has 0 radical (unpaired) electrons. The van der Waals surface area contributed by atoms with Crippen molar-refractivity contribution < 1.29 is 14.3 Å². The number of ether oxygens (including phenoxy) is 2. The number of hydrogen-bond donors (Lipinski definition) is 1. The first-order chi connectivity index (χ1) is 12.1. The maximum Gasteiger partial charge on any atom is 0.255 e. The van der Waals surface area contributed by atoms with Gasteiger partial charge in [0.05, 0.1) is 25.5 Å². The Morgan fingerprint density at radius 2 is 2.36 bits per heavy atom. The molecule has 1 aliphatic heterocycles. The molecule has 2 N–H and O–H groups in total. The van der Waals surface area contributed by atoms with Crippen LogP contribution >= 0.6 is 0 Å². The number of carbonyl (C=O) groups is 1. The maximum atomic E-state index is 10.8. The summed E-state index contributed by atoms with van der Waals surface area (Å²) in [5.74, 6) is 0.184. The summed E-state index contributed by atoms with van der Waals surface area (Å²) in [5.41, 5.74) is 7.40. The highest BCUT2D eigenvalue weighted by molar-refractivity contribution is 5.75. The van der Waals surface area contributed by atoms with Crippen LogP contribution < -0.4 is 10.5 Å². The monoisotopic (exact) mass is 344 g/mol. The molecule has 0 aliphatic carbocycles. The third-order valence-electron chi connectivity index (χ3n) is 4.06. The van der Waals surface area contributed by atoms with Crippen LogP contribution in [0.2, 0.25) is 0 Å². The average molecular weight is 344 g/mol. The van der Waals surface area contributed by atoms with Crippen molar-refractivity contribution in [1.29, 1.82) is 0 Å². The van der Waals surface area contributed by atoms with Gasteiger partial charge < -0.3 is 15.2 Å². The van der Waals surface area contributed by atoms with Gasteiger partial charge in [0.2, 0.25) is 0 Å². The molecule has 2 aromatic rings. The summed E-state index contributed by atoms with van der Waals surface area (Å²) in [6.45, 7) is 5.95. The average Bonchev–Trinajstić information content (AvgIpc) is 2.98. The molecule has 134 valence electrons. The molecule has 1 aliphatic rings. The molecule has 1 saturated heterocycles. The Bertz CT molecular complexity index is 716. The highest BCUT2D eigenvalue weighted by Crippen LogP contribution is 2.17. The van der Waals surface area contributed by atoms with Gasteiger partial charge in [-0.3, -0.25) is 14.4 Å². The predicted molar refractivity (Wildman–Crippen MR) is 93.1 cm³/mol. The molecule has 25 heavy (non-hydrogen) atoms. The quantitative estimate of drug-likeness (QED) is 0.809. The van der Waals surface area contributed by atoms with Crippen LogP contribution in [0.25, 0.3) is 0 Å². The lowest BCUT2D eigenvalue weighted by Crippen LogP contribution is -2.43. The van der Waals surface area contributed by atoms with Gasteiger partial charge in [-0.1, -0.05) is 12.1 Å². The van der Waals surface area contributed by atoms with Crippen molar-refractivity contribution in [2.75, 3.05) is 26.3 Å². The number of rotatable bonds is 7. The Labute approximate surface area is 147 Å². The van der Waals surface area contributed by atoms with Gasteiger partial charge in [-0.15, -0.1) is 0 Å². The van der Waals surface area contributed by atoms with Gasteiger partial charge in [0.25, 0.3) is 5.91 Å². The molecular formula is C18H24N4O3. The minimum Gasteiger partial charge on any atom is -0.484 e. The van der Waals surface area contributed by atoms with E-state index in [1.807, 2.05) is 42.2 Å². The minimum absolute atomic E-state index is 0.105. The Morgan fingerprint density at radius 1 is 1.48 bits per heavy atom. The van der Waals surface area contributed by atoms with Crippen LogP contribution in [0.1, 0.15) is 11.1 Å². The lowest BCUT2D eigenvalue weighted by atomic mass is 10.1. The van der Waals surface area contributed by atoms with Gasteiger partial charge in [0, 0.05) is 25.8 Å². The Balaban J connectivity index is 1.55. The third kappa shape index (κ3) is 5.30. The highest BCUT2D eigenvalue weighted by atomic mass is 16.5. The number of nitrogens with zero attached hydrogens (tertiary/aromatic N) is 3. The van der Waals surface area contributed by atoms with Crippen molar-refractivity contribution in [3.05, 3.63) is 47.8 Å². The van der Waals surface area contributed by atoms with Crippen molar-refractivity contribution in [2.45, 2.75) is 26.1 Å². The first kappa shape index (κ1) is 17.4. The summed E-state index contributed by atoms with van der Waals surface area (Å²) in [5, 5.41) is 4.33. The van der Waals surface area contributed by atoms with Crippen molar-refractivity contribution in [3.63, 3.8) is 0 Å². The number of amides is 1. The van der Waals surface area contributed by atoms with Crippen LogP contribution in [0.15, 0.2) is 36.7 Å². The summed E-state index contributed by atoms with van der Waals surface area (Å²) in [6.07, 6.45) is 4.02. The zero-order valence-corrected chi connectivity index (χ0v) is 14.4. The molecule has 0 bridgehead atoms. The molecule has 3 rings (SSSR count).